The van der Waals surface area contributed by atoms with Gasteiger partial charge in [-0.05, 0) is 23.3 Å². The van der Waals surface area contributed by atoms with Crippen LogP contribution in [0.5, 0.6) is 0 Å². The number of benzene rings is 2. The molecule has 1 amide bonds. The molecule has 0 saturated carbocycles. The Balaban J connectivity index is 1.44. The van der Waals surface area contributed by atoms with Crippen LogP contribution >= 0.6 is 0 Å². The molecule has 4 atom stereocenters. The van der Waals surface area contributed by atoms with E-state index in [0.29, 0.717) is 12.2 Å². The van der Waals surface area contributed by atoms with Crippen LogP contribution in [0.4, 0.5) is 0 Å². The minimum absolute atomic E-state index is 0.158. The molecule has 2 aromatic carbocycles. The molecular weight excluding hydrogens is 306 g/mol. The minimum atomic E-state index is -0.609. The standard InChI is InChI=1S/C19H19NO4/c21-16-11-24-17-15(10-23-18(16)17)20-19(22)14-8-6-13(7-9-14)12-4-2-1-3-5-12/h1-9,15-18,21H,10-11H2,(H,20,22)/t15-,16-,17-,18-/m1/s1. The van der Waals surface area contributed by atoms with Crippen molar-refractivity contribution in [3.05, 3.63) is 60.2 Å². The van der Waals surface area contributed by atoms with E-state index in [4.69, 9.17) is 9.47 Å². The van der Waals surface area contributed by atoms with Crippen molar-refractivity contribution < 1.29 is 19.4 Å². The van der Waals surface area contributed by atoms with Crippen molar-refractivity contribution in [2.24, 2.45) is 0 Å². The molecule has 0 spiro atoms. The highest BCUT2D eigenvalue weighted by Gasteiger charge is 2.47. The van der Waals surface area contributed by atoms with Crippen LogP contribution in [0.25, 0.3) is 11.1 Å². The van der Waals surface area contributed by atoms with E-state index in [1.54, 1.807) is 0 Å². The highest BCUT2D eigenvalue weighted by Crippen LogP contribution is 2.27. The number of aliphatic hydroxyl groups excluding tert-OH is 1. The average molecular weight is 325 g/mol. The van der Waals surface area contributed by atoms with E-state index in [0.717, 1.165) is 11.1 Å². The summed E-state index contributed by atoms with van der Waals surface area (Å²) in [6.07, 6.45) is -1.22. The van der Waals surface area contributed by atoms with E-state index in [-0.39, 0.29) is 30.8 Å². The third-order valence-corrected chi connectivity index (χ3v) is 4.60. The number of hydrogen-bond acceptors (Lipinski definition) is 4. The van der Waals surface area contributed by atoms with Crippen molar-refractivity contribution in [2.45, 2.75) is 24.4 Å². The number of nitrogens with one attached hydrogen (secondary N) is 1. The first-order valence-electron chi connectivity index (χ1n) is 8.10. The van der Waals surface area contributed by atoms with Crippen molar-refractivity contribution in [3.63, 3.8) is 0 Å². The number of fused-ring (bicyclic) bond motifs is 1. The number of hydrogen-bond donors (Lipinski definition) is 2. The fraction of sp³-hybridized carbons (Fsp3) is 0.316. The van der Waals surface area contributed by atoms with Crippen molar-refractivity contribution in [2.75, 3.05) is 13.2 Å². The first-order valence-corrected chi connectivity index (χ1v) is 8.10. The summed E-state index contributed by atoms with van der Waals surface area (Å²) in [5, 5.41) is 12.7. The molecule has 0 aliphatic carbocycles. The predicted molar refractivity (Wildman–Crippen MR) is 88.6 cm³/mol. The predicted octanol–water partition coefficient (Wildman–Crippen LogP) is 1.61. The molecule has 0 unspecified atom stereocenters. The van der Waals surface area contributed by atoms with Gasteiger partial charge >= 0.3 is 0 Å². The monoisotopic (exact) mass is 325 g/mol. The van der Waals surface area contributed by atoms with Gasteiger partial charge in [0.2, 0.25) is 0 Å². The van der Waals surface area contributed by atoms with Gasteiger partial charge in [0.15, 0.2) is 0 Å². The molecule has 4 rings (SSSR count). The fourth-order valence-electron chi connectivity index (χ4n) is 3.30. The third kappa shape index (κ3) is 2.82. The van der Waals surface area contributed by atoms with E-state index in [1.807, 2.05) is 54.6 Å². The van der Waals surface area contributed by atoms with Gasteiger partial charge in [0, 0.05) is 5.56 Å². The van der Waals surface area contributed by atoms with Gasteiger partial charge < -0.3 is 19.9 Å². The first kappa shape index (κ1) is 15.3. The third-order valence-electron chi connectivity index (χ3n) is 4.60. The van der Waals surface area contributed by atoms with E-state index in [2.05, 4.69) is 5.32 Å². The number of ether oxygens (including phenoxy) is 2. The Bertz CT molecular complexity index is 716. The maximum Gasteiger partial charge on any atom is 0.251 e. The normalized spacial score (nSPS) is 28.5. The second kappa shape index (κ2) is 6.36. The lowest BCUT2D eigenvalue weighted by Crippen LogP contribution is -2.44. The topological polar surface area (TPSA) is 67.8 Å². The maximum atomic E-state index is 12.4. The van der Waals surface area contributed by atoms with Crippen LogP contribution in [-0.2, 0) is 9.47 Å². The Morgan fingerprint density at radius 3 is 2.33 bits per heavy atom. The molecule has 0 bridgehead atoms. The Hall–Kier alpha value is -2.21. The molecule has 2 heterocycles. The van der Waals surface area contributed by atoms with Crippen LogP contribution in [0.3, 0.4) is 0 Å². The van der Waals surface area contributed by atoms with E-state index in [9.17, 15) is 9.90 Å². The number of aliphatic hydroxyl groups is 1. The lowest BCUT2D eigenvalue weighted by atomic mass is 10.0. The van der Waals surface area contributed by atoms with Gasteiger partial charge in [0.1, 0.15) is 18.3 Å². The Labute approximate surface area is 140 Å². The number of rotatable bonds is 3. The van der Waals surface area contributed by atoms with Gasteiger partial charge in [-0.1, -0.05) is 42.5 Å². The molecule has 124 valence electrons. The number of carbonyl (C=O) groups is 1. The minimum Gasteiger partial charge on any atom is -0.388 e. The Kier molecular flexibility index (Phi) is 4.06. The van der Waals surface area contributed by atoms with Crippen molar-refractivity contribution >= 4 is 5.91 Å². The fourth-order valence-corrected chi connectivity index (χ4v) is 3.30. The summed E-state index contributed by atoms with van der Waals surface area (Å²) in [7, 11) is 0. The molecule has 2 aliphatic rings. The SMILES string of the molecule is O=C(N[C@@H]1CO[C@H]2[C@@H]1OC[C@H]2O)c1ccc(-c2ccccc2)cc1. The molecule has 2 aromatic rings. The summed E-state index contributed by atoms with van der Waals surface area (Å²) in [5.41, 5.74) is 2.78. The maximum absolute atomic E-state index is 12.4. The first-order chi connectivity index (χ1) is 11.7. The Morgan fingerprint density at radius 2 is 1.58 bits per heavy atom. The summed E-state index contributed by atoms with van der Waals surface area (Å²) in [5.74, 6) is -0.158. The summed E-state index contributed by atoms with van der Waals surface area (Å²) >= 11 is 0. The van der Waals surface area contributed by atoms with Gasteiger partial charge in [0.25, 0.3) is 5.91 Å². The highest BCUT2D eigenvalue weighted by atomic mass is 16.6. The largest absolute Gasteiger partial charge is 0.388 e. The van der Waals surface area contributed by atoms with E-state index >= 15 is 0 Å². The second-order valence-electron chi connectivity index (χ2n) is 6.19. The number of carbonyl (C=O) groups excluding carboxylic acids is 1. The summed E-state index contributed by atoms with van der Waals surface area (Å²) in [4.78, 5) is 12.4. The quantitative estimate of drug-likeness (QED) is 0.900. The molecule has 2 saturated heterocycles. The molecule has 2 N–H and O–H groups in total. The molecule has 0 radical (unpaired) electrons. The smallest absolute Gasteiger partial charge is 0.251 e. The molecule has 24 heavy (non-hydrogen) atoms. The van der Waals surface area contributed by atoms with Crippen LogP contribution in [-0.4, -0.2) is 48.6 Å². The van der Waals surface area contributed by atoms with E-state index < -0.39 is 6.10 Å². The lowest BCUT2D eigenvalue weighted by Gasteiger charge is -2.17. The summed E-state index contributed by atoms with van der Waals surface area (Å²) in [6.45, 7) is 0.619. The van der Waals surface area contributed by atoms with Crippen LogP contribution in [0.2, 0.25) is 0 Å². The zero-order chi connectivity index (χ0) is 16.5. The van der Waals surface area contributed by atoms with Gasteiger partial charge in [-0.3, -0.25) is 4.79 Å². The second-order valence-corrected chi connectivity index (χ2v) is 6.19. The van der Waals surface area contributed by atoms with Gasteiger partial charge in [-0.25, -0.2) is 0 Å². The lowest BCUT2D eigenvalue weighted by molar-refractivity contribution is 0.0178. The highest BCUT2D eigenvalue weighted by molar-refractivity contribution is 5.95. The average Bonchev–Trinajstić information content (AvgIpc) is 3.19. The van der Waals surface area contributed by atoms with Gasteiger partial charge in [-0.2, -0.15) is 0 Å². The van der Waals surface area contributed by atoms with Crippen molar-refractivity contribution in [1.29, 1.82) is 0 Å². The summed E-state index contributed by atoms with van der Waals surface area (Å²) < 4.78 is 11.1. The molecular formula is C19H19NO4. The van der Waals surface area contributed by atoms with Crippen LogP contribution in [0, 0.1) is 0 Å². The van der Waals surface area contributed by atoms with Crippen LogP contribution in [0.1, 0.15) is 10.4 Å². The van der Waals surface area contributed by atoms with Gasteiger partial charge in [0.05, 0.1) is 19.3 Å². The zero-order valence-electron chi connectivity index (χ0n) is 13.1. The molecule has 5 nitrogen and oxygen atoms in total. The molecule has 5 heteroatoms. The van der Waals surface area contributed by atoms with Crippen LogP contribution < -0.4 is 5.32 Å². The molecule has 2 fully saturated rings. The Morgan fingerprint density at radius 1 is 0.917 bits per heavy atom. The molecule has 0 aromatic heterocycles. The summed E-state index contributed by atoms with van der Waals surface area (Å²) in [6, 6.07) is 17.3. The number of amides is 1. The van der Waals surface area contributed by atoms with Gasteiger partial charge in [-0.15, -0.1) is 0 Å². The van der Waals surface area contributed by atoms with Crippen LogP contribution in [0.15, 0.2) is 54.6 Å². The van der Waals surface area contributed by atoms with Crippen molar-refractivity contribution in [3.8, 4) is 11.1 Å². The molecule has 2 aliphatic heterocycles. The van der Waals surface area contributed by atoms with Crippen molar-refractivity contribution in [1.82, 2.24) is 5.32 Å². The zero-order valence-corrected chi connectivity index (χ0v) is 13.1. The van der Waals surface area contributed by atoms with E-state index in [1.165, 1.54) is 0 Å².